The molecule has 0 atom stereocenters. The molecule has 0 saturated heterocycles. The van der Waals surface area contributed by atoms with E-state index in [1.54, 1.807) is 11.8 Å². The fourth-order valence-electron chi connectivity index (χ4n) is 1.57. The van der Waals surface area contributed by atoms with Crippen molar-refractivity contribution < 1.29 is 9.53 Å². The Bertz CT molecular complexity index is 517. The van der Waals surface area contributed by atoms with Gasteiger partial charge in [0.1, 0.15) is 5.69 Å². The van der Waals surface area contributed by atoms with Crippen LogP contribution in [0.15, 0.2) is 24.3 Å². The number of carbonyl (C=O) groups is 1. The van der Waals surface area contributed by atoms with Gasteiger partial charge in [-0.15, -0.1) is 5.10 Å². The molecule has 0 aliphatic rings. The number of benzene rings is 1. The maximum absolute atomic E-state index is 10.8. The summed E-state index contributed by atoms with van der Waals surface area (Å²) in [5.74, 6) is 0. The summed E-state index contributed by atoms with van der Waals surface area (Å²) < 4.78 is 6.67. The SMILES string of the molecule is COCc1c(C=O)nnn1-c1ccc(C)cc1. The minimum absolute atomic E-state index is 0.301. The minimum Gasteiger partial charge on any atom is -0.378 e. The molecule has 2 rings (SSSR count). The zero-order valence-corrected chi connectivity index (χ0v) is 9.75. The van der Waals surface area contributed by atoms with Crippen molar-refractivity contribution >= 4 is 6.29 Å². The van der Waals surface area contributed by atoms with Gasteiger partial charge in [0, 0.05) is 7.11 Å². The van der Waals surface area contributed by atoms with Crippen molar-refractivity contribution in [2.24, 2.45) is 0 Å². The molecule has 17 heavy (non-hydrogen) atoms. The zero-order valence-electron chi connectivity index (χ0n) is 9.75. The summed E-state index contributed by atoms with van der Waals surface area (Å²) in [6, 6.07) is 7.82. The summed E-state index contributed by atoms with van der Waals surface area (Å²) in [5.41, 5.74) is 3.00. The molecule has 0 spiro atoms. The van der Waals surface area contributed by atoms with Gasteiger partial charge in [-0.3, -0.25) is 4.79 Å². The van der Waals surface area contributed by atoms with E-state index in [1.165, 1.54) is 0 Å². The predicted octanol–water partition coefficient (Wildman–Crippen LogP) is 1.53. The van der Waals surface area contributed by atoms with Crippen LogP contribution in [0.1, 0.15) is 21.7 Å². The summed E-state index contributed by atoms with van der Waals surface area (Å²) in [5, 5.41) is 7.78. The molecule has 0 unspecified atom stereocenters. The number of hydrogen-bond donors (Lipinski definition) is 0. The van der Waals surface area contributed by atoms with Crippen molar-refractivity contribution in [1.82, 2.24) is 15.0 Å². The molecule has 0 aliphatic heterocycles. The smallest absolute Gasteiger partial charge is 0.172 e. The number of methoxy groups -OCH3 is 1. The maximum Gasteiger partial charge on any atom is 0.172 e. The third kappa shape index (κ3) is 2.24. The van der Waals surface area contributed by atoms with Crippen LogP contribution in [0.4, 0.5) is 0 Å². The number of rotatable bonds is 4. The molecule has 0 saturated carbocycles. The first-order valence-corrected chi connectivity index (χ1v) is 5.22. The second-order valence-electron chi connectivity index (χ2n) is 3.72. The molecule has 1 aromatic carbocycles. The van der Waals surface area contributed by atoms with Gasteiger partial charge in [-0.1, -0.05) is 22.9 Å². The van der Waals surface area contributed by atoms with Gasteiger partial charge in [0.05, 0.1) is 12.3 Å². The number of aryl methyl sites for hydroxylation is 1. The van der Waals surface area contributed by atoms with Crippen LogP contribution < -0.4 is 0 Å². The van der Waals surface area contributed by atoms with Crippen LogP contribution in [0.2, 0.25) is 0 Å². The highest BCUT2D eigenvalue weighted by Gasteiger charge is 2.13. The Balaban J connectivity index is 2.47. The van der Waals surface area contributed by atoms with Crippen molar-refractivity contribution in [3.05, 3.63) is 41.2 Å². The van der Waals surface area contributed by atoms with Gasteiger partial charge in [0.15, 0.2) is 12.0 Å². The molecular formula is C12H13N3O2. The topological polar surface area (TPSA) is 57.0 Å². The van der Waals surface area contributed by atoms with E-state index in [9.17, 15) is 4.79 Å². The highest BCUT2D eigenvalue weighted by atomic mass is 16.5. The van der Waals surface area contributed by atoms with E-state index in [0.29, 0.717) is 24.3 Å². The third-order valence-electron chi connectivity index (χ3n) is 2.46. The van der Waals surface area contributed by atoms with Gasteiger partial charge in [-0.25, -0.2) is 4.68 Å². The first-order valence-electron chi connectivity index (χ1n) is 5.22. The second-order valence-corrected chi connectivity index (χ2v) is 3.72. The van der Waals surface area contributed by atoms with Gasteiger partial charge in [-0.05, 0) is 19.1 Å². The molecule has 0 N–H and O–H groups in total. The molecule has 0 amide bonds. The van der Waals surface area contributed by atoms with Crippen LogP contribution in [-0.2, 0) is 11.3 Å². The lowest BCUT2D eigenvalue weighted by atomic mass is 10.2. The largest absolute Gasteiger partial charge is 0.378 e. The predicted molar refractivity (Wildman–Crippen MR) is 62.2 cm³/mol. The molecule has 1 aromatic heterocycles. The molecule has 88 valence electrons. The van der Waals surface area contributed by atoms with Gasteiger partial charge in [-0.2, -0.15) is 0 Å². The summed E-state index contributed by atoms with van der Waals surface area (Å²) in [6.45, 7) is 2.31. The highest BCUT2D eigenvalue weighted by Crippen LogP contribution is 2.13. The Morgan fingerprint density at radius 2 is 2.06 bits per heavy atom. The lowest BCUT2D eigenvalue weighted by Gasteiger charge is -2.06. The Morgan fingerprint density at radius 1 is 1.35 bits per heavy atom. The summed E-state index contributed by atoms with van der Waals surface area (Å²) in [6.07, 6.45) is 0.687. The normalized spacial score (nSPS) is 10.5. The monoisotopic (exact) mass is 231 g/mol. The minimum atomic E-state index is 0.301. The van der Waals surface area contributed by atoms with Gasteiger partial charge >= 0.3 is 0 Å². The molecule has 0 aliphatic carbocycles. The number of aromatic nitrogens is 3. The second kappa shape index (κ2) is 4.88. The van der Waals surface area contributed by atoms with Crippen LogP contribution >= 0.6 is 0 Å². The Hall–Kier alpha value is -2.01. The van der Waals surface area contributed by atoms with Crippen molar-refractivity contribution in [3.8, 4) is 5.69 Å². The van der Waals surface area contributed by atoms with E-state index < -0.39 is 0 Å². The first-order chi connectivity index (χ1) is 8.26. The molecule has 5 nitrogen and oxygen atoms in total. The molecule has 1 heterocycles. The fraction of sp³-hybridized carbons (Fsp3) is 0.250. The molecule has 2 aromatic rings. The molecule has 0 bridgehead atoms. The fourth-order valence-corrected chi connectivity index (χ4v) is 1.57. The van der Waals surface area contributed by atoms with Crippen molar-refractivity contribution in [1.29, 1.82) is 0 Å². The molecule has 5 heteroatoms. The molecule has 0 fully saturated rings. The van der Waals surface area contributed by atoms with Crippen LogP contribution in [0.5, 0.6) is 0 Å². The van der Waals surface area contributed by atoms with Gasteiger partial charge in [0.2, 0.25) is 0 Å². The van der Waals surface area contributed by atoms with E-state index in [4.69, 9.17) is 4.74 Å². The summed E-state index contributed by atoms with van der Waals surface area (Å²) in [7, 11) is 1.57. The van der Waals surface area contributed by atoms with Crippen molar-refractivity contribution in [2.75, 3.05) is 7.11 Å². The maximum atomic E-state index is 10.8. The van der Waals surface area contributed by atoms with Gasteiger partial charge < -0.3 is 4.74 Å². The Labute approximate surface area is 99.0 Å². The van der Waals surface area contributed by atoms with Crippen LogP contribution in [0.25, 0.3) is 5.69 Å². The number of carbonyl (C=O) groups excluding carboxylic acids is 1. The lowest BCUT2D eigenvalue weighted by molar-refractivity contribution is 0.111. The average Bonchev–Trinajstić information content (AvgIpc) is 2.74. The van der Waals surface area contributed by atoms with Crippen LogP contribution in [0.3, 0.4) is 0 Å². The third-order valence-corrected chi connectivity index (χ3v) is 2.46. The zero-order chi connectivity index (χ0) is 12.3. The molecular weight excluding hydrogens is 218 g/mol. The standard InChI is InChI=1S/C12H13N3O2/c1-9-3-5-10(6-4-9)15-12(8-17-2)11(7-16)13-14-15/h3-7H,8H2,1-2H3. The van der Waals surface area contributed by atoms with E-state index >= 15 is 0 Å². The van der Waals surface area contributed by atoms with E-state index in [-0.39, 0.29) is 0 Å². The Kier molecular flexibility index (Phi) is 3.30. The van der Waals surface area contributed by atoms with E-state index in [1.807, 2.05) is 31.2 Å². The quantitative estimate of drug-likeness (QED) is 0.749. The number of nitrogens with zero attached hydrogens (tertiary/aromatic N) is 3. The number of aldehydes is 1. The summed E-state index contributed by atoms with van der Waals surface area (Å²) >= 11 is 0. The average molecular weight is 231 g/mol. The van der Waals surface area contributed by atoms with Gasteiger partial charge in [0.25, 0.3) is 0 Å². The summed E-state index contributed by atoms with van der Waals surface area (Å²) in [4.78, 5) is 10.8. The van der Waals surface area contributed by atoms with Crippen molar-refractivity contribution in [3.63, 3.8) is 0 Å². The van der Waals surface area contributed by atoms with E-state index in [2.05, 4.69) is 10.3 Å². The highest BCUT2D eigenvalue weighted by molar-refractivity contribution is 5.73. The molecule has 0 radical (unpaired) electrons. The lowest BCUT2D eigenvalue weighted by Crippen LogP contribution is -2.04. The number of ether oxygens (including phenoxy) is 1. The van der Waals surface area contributed by atoms with Crippen LogP contribution in [-0.4, -0.2) is 28.4 Å². The first kappa shape index (κ1) is 11.5. The van der Waals surface area contributed by atoms with E-state index in [0.717, 1.165) is 11.3 Å². The van der Waals surface area contributed by atoms with Crippen molar-refractivity contribution in [2.45, 2.75) is 13.5 Å². The number of hydrogen-bond acceptors (Lipinski definition) is 4. The Morgan fingerprint density at radius 3 is 2.65 bits per heavy atom. The van der Waals surface area contributed by atoms with Crippen LogP contribution in [0, 0.1) is 6.92 Å².